The van der Waals surface area contributed by atoms with E-state index in [9.17, 15) is 0 Å². The van der Waals surface area contributed by atoms with Gasteiger partial charge in [0.2, 0.25) is 0 Å². The first kappa shape index (κ1) is 16.0. The van der Waals surface area contributed by atoms with Crippen LogP contribution in [0, 0.1) is 11.3 Å². The van der Waals surface area contributed by atoms with Gasteiger partial charge in [-0.1, -0.05) is 59.3 Å². The Kier molecular flexibility index (Phi) is 7.29. The van der Waals surface area contributed by atoms with Crippen LogP contribution >= 0.6 is 0 Å². The molecule has 1 aliphatic rings. The molecule has 0 saturated heterocycles. The van der Waals surface area contributed by atoms with Gasteiger partial charge < -0.3 is 5.32 Å². The molecule has 1 unspecified atom stereocenters. The second-order valence-electron chi connectivity index (χ2n) is 7.19. The lowest BCUT2D eigenvalue weighted by molar-refractivity contribution is 0.236. The van der Waals surface area contributed by atoms with Crippen molar-refractivity contribution >= 4 is 0 Å². The van der Waals surface area contributed by atoms with E-state index < -0.39 is 0 Å². The number of rotatable bonds is 8. The molecular formula is C17H35N. The topological polar surface area (TPSA) is 12.0 Å². The van der Waals surface area contributed by atoms with E-state index in [1.54, 1.807) is 0 Å². The van der Waals surface area contributed by atoms with Gasteiger partial charge in [-0.05, 0) is 37.5 Å². The Labute approximate surface area is 115 Å². The van der Waals surface area contributed by atoms with Gasteiger partial charge in [-0.25, -0.2) is 0 Å². The molecule has 0 radical (unpaired) electrons. The monoisotopic (exact) mass is 253 g/mol. The lowest BCUT2D eigenvalue weighted by Crippen LogP contribution is -2.40. The fourth-order valence-electron chi connectivity index (χ4n) is 3.18. The summed E-state index contributed by atoms with van der Waals surface area (Å²) in [6, 6.07) is 0.718. The summed E-state index contributed by atoms with van der Waals surface area (Å²) in [5, 5.41) is 3.82. The molecule has 0 aromatic rings. The van der Waals surface area contributed by atoms with Crippen molar-refractivity contribution in [3.63, 3.8) is 0 Å². The first-order valence-electron chi connectivity index (χ1n) is 8.28. The fraction of sp³-hybridized carbons (Fsp3) is 1.00. The SMILES string of the molecule is CCCCCC(C)(C)CNC(C)C1CCCCC1. The Bertz CT molecular complexity index is 204. The maximum absolute atomic E-state index is 3.82. The Morgan fingerprint density at radius 3 is 2.39 bits per heavy atom. The molecule has 18 heavy (non-hydrogen) atoms. The van der Waals surface area contributed by atoms with Crippen molar-refractivity contribution in [3.8, 4) is 0 Å². The molecule has 1 atom stereocenters. The summed E-state index contributed by atoms with van der Waals surface area (Å²) in [5.41, 5.74) is 0.470. The Hall–Kier alpha value is -0.0400. The van der Waals surface area contributed by atoms with Gasteiger partial charge in [-0.15, -0.1) is 0 Å². The van der Waals surface area contributed by atoms with Gasteiger partial charge in [0.15, 0.2) is 0 Å². The van der Waals surface area contributed by atoms with Gasteiger partial charge in [0.05, 0.1) is 0 Å². The van der Waals surface area contributed by atoms with E-state index in [0.29, 0.717) is 5.41 Å². The molecular weight excluding hydrogens is 218 g/mol. The molecule has 1 aliphatic carbocycles. The minimum atomic E-state index is 0.470. The van der Waals surface area contributed by atoms with Crippen LogP contribution < -0.4 is 5.32 Å². The third-order valence-electron chi connectivity index (χ3n) is 4.72. The highest BCUT2D eigenvalue weighted by molar-refractivity contribution is 4.79. The number of hydrogen-bond acceptors (Lipinski definition) is 1. The van der Waals surface area contributed by atoms with E-state index in [1.165, 1.54) is 64.3 Å². The van der Waals surface area contributed by atoms with E-state index in [1.807, 2.05) is 0 Å². The van der Waals surface area contributed by atoms with E-state index >= 15 is 0 Å². The second kappa shape index (κ2) is 8.19. The third kappa shape index (κ3) is 6.22. The molecule has 1 heteroatoms. The van der Waals surface area contributed by atoms with Crippen LogP contribution in [-0.4, -0.2) is 12.6 Å². The summed E-state index contributed by atoms with van der Waals surface area (Å²) in [6.45, 7) is 10.7. The lowest BCUT2D eigenvalue weighted by atomic mass is 9.83. The normalized spacial score (nSPS) is 20.0. The van der Waals surface area contributed by atoms with Gasteiger partial charge >= 0.3 is 0 Å². The van der Waals surface area contributed by atoms with Crippen LogP contribution in [0.1, 0.15) is 85.5 Å². The standard InChI is InChI=1S/C17H35N/c1-5-6-10-13-17(3,4)14-18-15(2)16-11-8-7-9-12-16/h15-16,18H,5-14H2,1-4H3. The molecule has 0 aromatic carbocycles. The van der Waals surface area contributed by atoms with Crippen molar-refractivity contribution in [2.24, 2.45) is 11.3 Å². The summed E-state index contributed by atoms with van der Waals surface area (Å²) >= 11 is 0. The quantitative estimate of drug-likeness (QED) is 0.590. The summed E-state index contributed by atoms with van der Waals surface area (Å²) in [4.78, 5) is 0. The van der Waals surface area contributed by atoms with Gasteiger partial charge in [0.1, 0.15) is 0 Å². The first-order chi connectivity index (χ1) is 8.55. The zero-order valence-corrected chi connectivity index (χ0v) is 13.2. The molecule has 0 aromatic heterocycles. The molecule has 1 saturated carbocycles. The van der Waals surface area contributed by atoms with Crippen LogP contribution in [0.2, 0.25) is 0 Å². The van der Waals surface area contributed by atoms with Gasteiger partial charge in [0.25, 0.3) is 0 Å². The van der Waals surface area contributed by atoms with Gasteiger partial charge in [-0.2, -0.15) is 0 Å². The van der Waals surface area contributed by atoms with Crippen LogP contribution in [-0.2, 0) is 0 Å². The highest BCUT2D eigenvalue weighted by Gasteiger charge is 2.23. The van der Waals surface area contributed by atoms with E-state index in [0.717, 1.165) is 12.0 Å². The van der Waals surface area contributed by atoms with Crippen LogP contribution in [0.4, 0.5) is 0 Å². The molecule has 0 aliphatic heterocycles. The van der Waals surface area contributed by atoms with Crippen molar-refractivity contribution in [2.75, 3.05) is 6.54 Å². The van der Waals surface area contributed by atoms with Crippen LogP contribution in [0.15, 0.2) is 0 Å². The van der Waals surface area contributed by atoms with E-state index in [-0.39, 0.29) is 0 Å². The molecule has 108 valence electrons. The molecule has 1 nitrogen and oxygen atoms in total. The van der Waals surface area contributed by atoms with Crippen molar-refractivity contribution in [3.05, 3.63) is 0 Å². The summed E-state index contributed by atoms with van der Waals surface area (Å²) < 4.78 is 0. The molecule has 0 spiro atoms. The molecule has 1 fully saturated rings. The average molecular weight is 253 g/mol. The largest absolute Gasteiger partial charge is 0.313 e. The second-order valence-corrected chi connectivity index (χ2v) is 7.19. The third-order valence-corrected chi connectivity index (χ3v) is 4.72. The smallest absolute Gasteiger partial charge is 0.00672 e. The highest BCUT2D eigenvalue weighted by Crippen LogP contribution is 2.28. The van der Waals surface area contributed by atoms with E-state index in [4.69, 9.17) is 0 Å². The number of hydrogen-bond donors (Lipinski definition) is 1. The minimum absolute atomic E-state index is 0.470. The predicted octanol–water partition coefficient (Wildman–Crippen LogP) is 5.15. The maximum atomic E-state index is 3.82. The van der Waals surface area contributed by atoms with E-state index in [2.05, 4.69) is 33.0 Å². The van der Waals surface area contributed by atoms with Crippen molar-refractivity contribution in [1.82, 2.24) is 5.32 Å². The first-order valence-corrected chi connectivity index (χ1v) is 8.28. The molecule has 0 heterocycles. The number of nitrogens with one attached hydrogen (secondary N) is 1. The maximum Gasteiger partial charge on any atom is 0.00672 e. The highest BCUT2D eigenvalue weighted by atomic mass is 14.9. The average Bonchev–Trinajstić information content (AvgIpc) is 2.37. The predicted molar refractivity (Wildman–Crippen MR) is 82.0 cm³/mol. The fourth-order valence-corrected chi connectivity index (χ4v) is 3.18. The zero-order valence-electron chi connectivity index (χ0n) is 13.2. The van der Waals surface area contributed by atoms with Crippen LogP contribution in [0.3, 0.4) is 0 Å². The molecule has 1 rings (SSSR count). The minimum Gasteiger partial charge on any atom is -0.313 e. The molecule has 0 amide bonds. The summed E-state index contributed by atoms with van der Waals surface area (Å²) in [5.74, 6) is 0.935. The van der Waals surface area contributed by atoms with Crippen LogP contribution in [0.5, 0.6) is 0 Å². The van der Waals surface area contributed by atoms with Gasteiger partial charge in [-0.3, -0.25) is 0 Å². The summed E-state index contributed by atoms with van der Waals surface area (Å²) in [7, 11) is 0. The summed E-state index contributed by atoms with van der Waals surface area (Å²) in [6.07, 6.45) is 12.8. The number of unbranched alkanes of at least 4 members (excludes halogenated alkanes) is 2. The molecule has 0 bridgehead atoms. The Morgan fingerprint density at radius 2 is 1.78 bits per heavy atom. The van der Waals surface area contributed by atoms with Crippen LogP contribution in [0.25, 0.3) is 0 Å². The molecule has 1 N–H and O–H groups in total. The van der Waals surface area contributed by atoms with Crippen molar-refractivity contribution in [2.45, 2.75) is 91.5 Å². The Morgan fingerprint density at radius 1 is 1.11 bits per heavy atom. The van der Waals surface area contributed by atoms with Crippen molar-refractivity contribution < 1.29 is 0 Å². The van der Waals surface area contributed by atoms with Crippen molar-refractivity contribution in [1.29, 1.82) is 0 Å². The lowest BCUT2D eigenvalue weighted by Gasteiger charge is -2.32. The zero-order chi connectivity index (χ0) is 13.4. The van der Waals surface area contributed by atoms with Gasteiger partial charge in [0, 0.05) is 12.6 Å². The Balaban J connectivity index is 2.20.